The molecule has 30 heavy (non-hydrogen) atoms. The Morgan fingerprint density at radius 2 is 1.93 bits per heavy atom. The highest BCUT2D eigenvalue weighted by molar-refractivity contribution is 7.89. The van der Waals surface area contributed by atoms with Crippen LogP contribution in [-0.2, 0) is 19.6 Å². The third-order valence-electron chi connectivity index (χ3n) is 4.75. The summed E-state index contributed by atoms with van der Waals surface area (Å²) in [5, 5.41) is 2.58. The van der Waals surface area contributed by atoms with Crippen LogP contribution in [0.2, 0.25) is 5.15 Å². The van der Waals surface area contributed by atoms with E-state index in [4.69, 9.17) is 16.3 Å². The lowest BCUT2D eigenvalue weighted by molar-refractivity contribution is -0.119. The molecule has 1 aliphatic heterocycles. The maximum absolute atomic E-state index is 12.9. The molecule has 0 saturated carbocycles. The highest BCUT2D eigenvalue weighted by atomic mass is 35.5. The summed E-state index contributed by atoms with van der Waals surface area (Å²) in [5.74, 6) is -1.37. The molecule has 2 aromatic rings. The zero-order chi connectivity index (χ0) is 21.7. The van der Waals surface area contributed by atoms with E-state index >= 15 is 0 Å². The van der Waals surface area contributed by atoms with Crippen LogP contribution in [0.25, 0.3) is 0 Å². The van der Waals surface area contributed by atoms with Crippen LogP contribution in [0.3, 0.4) is 0 Å². The normalized spacial score (nSPS) is 14.9. The van der Waals surface area contributed by atoms with Gasteiger partial charge in [-0.3, -0.25) is 4.79 Å². The Labute approximate surface area is 180 Å². The van der Waals surface area contributed by atoms with Crippen molar-refractivity contribution in [2.45, 2.75) is 31.1 Å². The van der Waals surface area contributed by atoms with E-state index < -0.39 is 28.5 Å². The van der Waals surface area contributed by atoms with Gasteiger partial charge in [0.15, 0.2) is 6.61 Å². The third kappa shape index (κ3) is 5.16. The quantitative estimate of drug-likeness (QED) is 0.534. The molecular weight excluding hydrogens is 430 g/mol. The molecule has 3 rings (SSSR count). The maximum Gasteiger partial charge on any atom is 0.341 e. The SMILES string of the molecule is Cc1ccc(S(=O)(=O)N2CCCCC2)cc1NC(=O)COC(=O)c1cccnc1Cl. The van der Waals surface area contributed by atoms with E-state index in [0.717, 1.165) is 19.3 Å². The first kappa shape index (κ1) is 22.2. The zero-order valence-corrected chi connectivity index (χ0v) is 18.0. The molecule has 1 aromatic heterocycles. The van der Waals surface area contributed by atoms with E-state index in [1.54, 1.807) is 13.0 Å². The zero-order valence-electron chi connectivity index (χ0n) is 16.4. The lowest BCUT2D eigenvalue weighted by Gasteiger charge is -2.26. The number of piperidine rings is 1. The summed E-state index contributed by atoms with van der Waals surface area (Å²) in [6.45, 7) is 2.18. The van der Waals surface area contributed by atoms with Crippen LogP contribution < -0.4 is 5.32 Å². The minimum atomic E-state index is -3.63. The van der Waals surface area contributed by atoms with Crippen molar-refractivity contribution < 1.29 is 22.7 Å². The van der Waals surface area contributed by atoms with E-state index in [9.17, 15) is 18.0 Å². The number of aryl methyl sites for hydroxylation is 1. The summed E-state index contributed by atoms with van der Waals surface area (Å²) >= 11 is 5.84. The average molecular weight is 452 g/mol. The van der Waals surface area contributed by atoms with E-state index in [0.29, 0.717) is 24.3 Å². The predicted molar refractivity (Wildman–Crippen MR) is 112 cm³/mol. The van der Waals surface area contributed by atoms with Crippen LogP contribution in [-0.4, -0.2) is 49.3 Å². The Hall–Kier alpha value is -2.49. The molecule has 0 aliphatic carbocycles. The molecule has 0 bridgehead atoms. The first-order chi connectivity index (χ1) is 14.3. The van der Waals surface area contributed by atoms with Gasteiger partial charge >= 0.3 is 5.97 Å². The largest absolute Gasteiger partial charge is 0.452 e. The lowest BCUT2D eigenvalue weighted by atomic mass is 10.2. The number of nitrogens with zero attached hydrogens (tertiary/aromatic N) is 2. The number of rotatable bonds is 6. The van der Waals surface area contributed by atoms with Crippen molar-refractivity contribution in [2.75, 3.05) is 25.0 Å². The fraction of sp³-hybridized carbons (Fsp3) is 0.350. The van der Waals surface area contributed by atoms with E-state index in [1.807, 2.05) is 0 Å². The molecule has 1 saturated heterocycles. The number of anilines is 1. The predicted octanol–water partition coefficient (Wildman–Crippen LogP) is 3.01. The fourth-order valence-electron chi connectivity index (χ4n) is 3.08. The number of aromatic nitrogens is 1. The number of benzene rings is 1. The Morgan fingerprint density at radius 3 is 2.63 bits per heavy atom. The summed E-state index contributed by atoms with van der Waals surface area (Å²) in [4.78, 5) is 28.2. The molecule has 0 atom stereocenters. The standard InChI is InChI=1S/C20H22ClN3O5S/c1-14-7-8-15(30(27,28)24-10-3-2-4-11-24)12-17(14)23-18(25)13-29-20(26)16-6-5-9-22-19(16)21/h5-9,12H,2-4,10-11,13H2,1H3,(H,23,25). The number of esters is 1. The molecule has 8 nitrogen and oxygen atoms in total. The number of hydrogen-bond acceptors (Lipinski definition) is 6. The summed E-state index contributed by atoms with van der Waals surface area (Å²) in [5.41, 5.74) is 1.08. The van der Waals surface area contributed by atoms with Crippen molar-refractivity contribution in [3.05, 3.63) is 52.8 Å². The third-order valence-corrected chi connectivity index (χ3v) is 6.95. The number of sulfonamides is 1. The second kappa shape index (κ2) is 9.55. The van der Waals surface area contributed by atoms with Gasteiger partial charge in [-0.05, 0) is 49.6 Å². The number of ether oxygens (including phenoxy) is 1. The van der Waals surface area contributed by atoms with Crippen molar-refractivity contribution in [1.29, 1.82) is 0 Å². The molecular formula is C20H22ClN3O5S. The van der Waals surface area contributed by atoms with Crippen LogP contribution in [0.1, 0.15) is 35.2 Å². The molecule has 0 spiro atoms. The summed E-state index contributed by atoms with van der Waals surface area (Å²) in [6.07, 6.45) is 4.12. The van der Waals surface area contributed by atoms with Gasteiger partial charge in [0.2, 0.25) is 10.0 Å². The summed E-state index contributed by atoms with van der Waals surface area (Å²) < 4.78 is 32.2. The lowest BCUT2D eigenvalue weighted by Crippen LogP contribution is -2.35. The Balaban J connectivity index is 1.67. The molecule has 1 fully saturated rings. The second-order valence-corrected chi connectivity index (χ2v) is 9.20. The second-order valence-electron chi connectivity index (χ2n) is 6.91. The van der Waals surface area contributed by atoms with Crippen LogP contribution in [0, 0.1) is 6.92 Å². The van der Waals surface area contributed by atoms with Gasteiger partial charge in [-0.15, -0.1) is 0 Å². The molecule has 160 valence electrons. The van der Waals surface area contributed by atoms with Gasteiger partial charge in [0.25, 0.3) is 5.91 Å². The van der Waals surface area contributed by atoms with E-state index in [-0.39, 0.29) is 15.6 Å². The van der Waals surface area contributed by atoms with Crippen molar-refractivity contribution in [1.82, 2.24) is 9.29 Å². The van der Waals surface area contributed by atoms with Gasteiger partial charge in [-0.25, -0.2) is 18.2 Å². The molecule has 1 aliphatic rings. The minimum absolute atomic E-state index is 0.0191. The Kier molecular flexibility index (Phi) is 7.06. The van der Waals surface area contributed by atoms with Gasteiger partial charge in [-0.2, -0.15) is 4.31 Å². The van der Waals surface area contributed by atoms with Crippen molar-refractivity contribution in [3.63, 3.8) is 0 Å². The van der Waals surface area contributed by atoms with Gasteiger partial charge in [0, 0.05) is 25.0 Å². The van der Waals surface area contributed by atoms with Crippen LogP contribution in [0.5, 0.6) is 0 Å². The first-order valence-corrected chi connectivity index (χ1v) is 11.3. The minimum Gasteiger partial charge on any atom is -0.452 e. The van der Waals surface area contributed by atoms with E-state index in [2.05, 4.69) is 10.3 Å². The fourth-order valence-corrected chi connectivity index (χ4v) is 4.82. The number of pyridine rings is 1. The van der Waals surface area contributed by atoms with Crippen molar-refractivity contribution >= 4 is 39.2 Å². The number of hydrogen-bond donors (Lipinski definition) is 1. The van der Waals surface area contributed by atoms with Crippen molar-refractivity contribution in [3.8, 4) is 0 Å². The molecule has 2 heterocycles. The Morgan fingerprint density at radius 1 is 1.20 bits per heavy atom. The number of nitrogens with one attached hydrogen (secondary N) is 1. The molecule has 1 N–H and O–H groups in total. The molecule has 1 aromatic carbocycles. The van der Waals surface area contributed by atoms with Gasteiger partial charge in [0.05, 0.1) is 10.5 Å². The van der Waals surface area contributed by atoms with Crippen LogP contribution >= 0.6 is 11.6 Å². The molecule has 0 unspecified atom stereocenters. The smallest absolute Gasteiger partial charge is 0.341 e. The van der Waals surface area contributed by atoms with Crippen LogP contribution in [0.15, 0.2) is 41.4 Å². The van der Waals surface area contributed by atoms with Gasteiger partial charge in [-0.1, -0.05) is 24.1 Å². The molecule has 1 amide bonds. The van der Waals surface area contributed by atoms with Gasteiger partial charge < -0.3 is 10.1 Å². The number of halogens is 1. The van der Waals surface area contributed by atoms with Gasteiger partial charge in [0.1, 0.15) is 5.15 Å². The van der Waals surface area contributed by atoms with E-state index in [1.165, 1.54) is 34.8 Å². The average Bonchev–Trinajstić information content (AvgIpc) is 2.74. The number of amides is 1. The number of carbonyl (C=O) groups excluding carboxylic acids is 2. The maximum atomic E-state index is 12.9. The highest BCUT2D eigenvalue weighted by Gasteiger charge is 2.26. The van der Waals surface area contributed by atoms with Crippen molar-refractivity contribution in [2.24, 2.45) is 0 Å². The molecule has 0 radical (unpaired) electrons. The summed E-state index contributed by atoms with van der Waals surface area (Å²) in [6, 6.07) is 7.55. The first-order valence-electron chi connectivity index (χ1n) is 9.47. The topological polar surface area (TPSA) is 106 Å². The monoisotopic (exact) mass is 451 g/mol. The van der Waals surface area contributed by atoms with Crippen LogP contribution in [0.4, 0.5) is 5.69 Å². The summed E-state index contributed by atoms with van der Waals surface area (Å²) in [7, 11) is -3.63. The number of carbonyl (C=O) groups is 2. The molecule has 10 heteroatoms. The Bertz CT molecular complexity index is 1050. The highest BCUT2D eigenvalue weighted by Crippen LogP contribution is 2.25.